The highest BCUT2D eigenvalue weighted by Crippen LogP contribution is 2.34. The summed E-state index contributed by atoms with van der Waals surface area (Å²) in [6.07, 6.45) is -39.8. The summed E-state index contributed by atoms with van der Waals surface area (Å²) >= 11 is 0. The molecule has 0 amide bonds. The quantitative estimate of drug-likeness (QED) is 0.100. The monoisotopic (exact) mass is 704 g/mol. The number of carbonyl (C=O) groups is 4. The van der Waals surface area contributed by atoms with Crippen molar-refractivity contribution in [1.82, 2.24) is 0 Å². The van der Waals surface area contributed by atoms with Crippen molar-refractivity contribution in [3.63, 3.8) is 0 Å². The van der Waals surface area contributed by atoms with Gasteiger partial charge < -0.3 is 99.5 Å². The van der Waals surface area contributed by atoms with Gasteiger partial charge in [0.15, 0.2) is 37.2 Å². The molecule has 24 heteroatoms. The summed E-state index contributed by atoms with van der Waals surface area (Å²) < 4.78 is 35.4. The van der Waals surface area contributed by atoms with Crippen LogP contribution in [-0.2, 0) is 52.3 Å². The minimum atomic E-state index is -2.41. The van der Waals surface area contributed by atoms with E-state index in [-0.39, 0.29) is 0 Å². The van der Waals surface area contributed by atoms with Gasteiger partial charge in [-0.25, -0.2) is 19.2 Å². The largest absolute Gasteiger partial charge is 0.479 e. The lowest BCUT2D eigenvalue weighted by Crippen LogP contribution is -2.68. The first-order valence-corrected chi connectivity index (χ1v) is 13.7. The van der Waals surface area contributed by atoms with Crippen LogP contribution >= 0.6 is 0 Å². The molecule has 3 fully saturated rings. The molecule has 0 bridgehead atoms. The molecule has 272 valence electrons. The molecule has 4 rings (SSSR count). The molecule has 4 aliphatic rings. The maximum atomic E-state index is 12.1. The minimum absolute atomic E-state index is 0.595. The second kappa shape index (κ2) is 14.7. The minimum Gasteiger partial charge on any atom is -0.479 e. The zero-order valence-corrected chi connectivity index (χ0v) is 23.8. The van der Waals surface area contributed by atoms with Crippen LogP contribution in [0.5, 0.6) is 0 Å². The molecule has 24 nitrogen and oxygen atoms in total. The lowest BCUT2D eigenvalue weighted by atomic mass is 9.95. The SMILES string of the molecule is O=C(O)C1=C[C@H](O)[C@H](O)[C@H](O[C@H]2[C@H](O)[C@H](O)[C@H](O[C@H]3[C@H](O)[C@H](O)[C@H](O[C@H]4[C@H](O)[C@H](O)[C@H](O)O[C@@H]4C(=O)O)O[C@@H]3C(=O)O)O[C@@H]2C(=O)O)O1. The number of ether oxygens (including phenoxy) is 7. The Balaban J connectivity index is 1.51. The van der Waals surface area contributed by atoms with Crippen molar-refractivity contribution < 1.29 is 119 Å². The van der Waals surface area contributed by atoms with Crippen molar-refractivity contribution in [3.8, 4) is 0 Å². The van der Waals surface area contributed by atoms with Crippen LogP contribution in [0.25, 0.3) is 0 Å². The van der Waals surface area contributed by atoms with Crippen molar-refractivity contribution in [1.29, 1.82) is 0 Å². The van der Waals surface area contributed by atoms with Crippen molar-refractivity contribution in [2.24, 2.45) is 0 Å². The van der Waals surface area contributed by atoms with Crippen LogP contribution < -0.4 is 0 Å². The van der Waals surface area contributed by atoms with Crippen LogP contribution in [0, 0.1) is 0 Å². The van der Waals surface area contributed by atoms with Crippen molar-refractivity contribution >= 4 is 23.9 Å². The Labute approximate surface area is 265 Å². The molecule has 0 radical (unpaired) electrons. The summed E-state index contributed by atoms with van der Waals surface area (Å²) in [6, 6.07) is 0. The molecule has 0 aliphatic carbocycles. The standard InChI is InChI=1S/C24H32O24/c25-2-1-3(17(33)34)42-22(4(2)26)44-12-6(28)9(31)24(47-15(12)19(37)38)46-13-7(29)10(32)23(48-16(13)20(39)40)45-11-5(27)8(30)21(41)43-14(11)18(35)36/h1-2,4-16,21-32,41H,(H,33,34)(H,35,36)(H,37,38)(H,39,40)/t2-,4-,5+,6+,7+,8-,9-,10-,11-,12-,13-,14-,15-,16-,21+,22-,23+,24+/m0/s1. The Hall–Kier alpha value is -3.18. The third-order valence-corrected chi connectivity index (χ3v) is 7.66. The normalized spacial score (nSPS) is 46.6. The molecular formula is C24H32O24. The highest BCUT2D eigenvalue weighted by atomic mass is 16.8. The number of hydrogen-bond acceptors (Lipinski definition) is 20. The zero-order valence-electron chi connectivity index (χ0n) is 23.8. The van der Waals surface area contributed by atoms with Crippen LogP contribution in [0.2, 0.25) is 0 Å². The van der Waals surface area contributed by atoms with E-state index >= 15 is 0 Å². The number of aliphatic hydroxyl groups excluding tert-OH is 9. The summed E-state index contributed by atoms with van der Waals surface area (Å²) in [5.41, 5.74) is 0. The Morgan fingerprint density at radius 1 is 0.500 bits per heavy atom. The molecule has 0 aromatic rings. The lowest BCUT2D eigenvalue weighted by Gasteiger charge is -2.47. The summed E-state index contributed by atoms with van der Waals surface area (Å²) in [5.74, 6) is -8.39. The molecule has 0 unspecified atom stereocenters. The van der Waals surface area contributed by atoms with Gasteiger partial charge >= 0.3 is 23.9 Å². The van der Waals surface area contributed by atoms with Crippen LogP contribution in [0.1, 0.15) is 0 Å². The number of rotatable bonds is 10. The van der Waals surface area contributed by atoms with Crippen LogP contribution in [0.15, 0.2) is 11.8 Å². The predicted octanol–water partition coefficient (Wildman–Crippen LogP) is -8.23. The Morgan fingerprint density at radius 3 is 1.27 bits per heavy atom. The number of aliphatic hydroxyl groups is 9. The van der Waals surface area contributed by atoms with Gasteiger partial charge in [-0.2, -0.15) is 0 Å². The summed E-state index contributed by atoms with van der Waals surface area (Å²) in [5, 5.41) is 131. The van der Waals surface area contributed by atoms with E-state index in [1.165, 1.54) is 0 Å². The molecule has 0 saturated carbocycles. The van der Waals surface area contributed by atoms with Crippen molar-refractivity contribution in [3.05, 3.63) is 11.8 Å². The second-order valence-corrected chi connectivity index (χ2v) is 10.9. The predicted molar refractivity (Wildman–Crippen MR) is 134 cm³/mol. The van der Waals surface area contributed by atoms with Gasteiger partial charge in [0.05, 0.1) is 0 Å². The number of carboxylic acids is 4. The summed E-state index contributed by atoms with van der Waals surface area (Å²) in [7, 11) is 0. The van der Waals surface area contributed by atoms with Gasteiger partial charge in [-0.3, -0.25) is 0 Å². The topological polar surface area (TPSA) is 396 Å². The molecule has 4 heterocycles. The number of carboxylic acid groups (broad SMARTS) is 4. The van der Waals surface area contributed by atoms with E-state index in [1.807, 2.05) is 0 Å². The van der Waals surface area contributed by atoms with Gasteiger partial charge in [-0.05, 0) is 6.08 Å². The smallest absolute Gasteiger partial charge is 0.371 e. The Bertz CT molecular complexity index is 1240. The molecule has 13 N–H and O–H groups in total. The number of hydrogen-bond donors (Lipinski definition) is 13. The summed E-state index contributed by atoms with van der Waals surface area (Å²) in [4.78, 5) is 47.0. The summed E-state index contributed by atoms with van der Waals surface area (Å²) in [6.45, 7) is 0. The fourth-order valence-electron chi connectivity index (χ4n) is 5.14. The first-order chi connectivity index (χ1) is 22.3. The van der Waals surface area contributed by atoms with Crippen LogP contribution in [-0.4, -0.2) is 201 Å². The van der Waals surface area contributed by atoms with Gasteiger partial charge in [0.2, 0.25) is 12.0 Å². The fraction of sp³-hybridized carbons (Fsp3) is 0.750. The van der Waals surface area contributed by atoms with Crippen LogP contribution in [0.3, 0.4) is 0 Å². The van der Waals surface area contributed by atoms with E-state index in [0.717, 1.165) is 0 Å². The van der Waals surface area contributed by atoms with Crippen molar-refractivity contribution in [2.45, 2.75) is 111 Å². The molecule has 0 spiro atoms. The van der Waals surface area contributed by atoms with Gasteiger partial charge in [0.1, 0.15) is 67.1 Å². The third kappa shape index (κ3) is 7.37. The van der Waals surface area contributed by atoms with Crippen LogP contribution in [0.4, 0.5) is 0 Å². The van der Waals surface area contributed by atoms with Gasteiger partial charge in [0, 0.05) is 0 Å². The fourth-order valence-corrected chi connectivity index (χ4v) is 5.14. The molecular weight excluding hydrogens is 672 g/mol. The van der Waals surface area contributed by atoms with E-state index in [2.05, 4.69) is 4.74 Å². The molecule has 48 heavy (non-hydrogen) atoms. The zero-order chi connectivity index (χ0) is 35.9. The Morgan fingerprint density at radius 2 is 0.875 bits per heavy atom. The van der Waals surface area contributed by atoms with E-state index in [4.69, 9.17) is 33.5 Å². The molecule has 18 atom stereocenters. The second-order valence-electron chi connectivity index (χ2n) is 10.9. The van der Waals surface area contributed by atoms with Gasteiger partial charge in [-0.15, -0.1) is 0 Å². The average molecular weight is 704 g/mol. The van der Waals surface area contributed by atoms with E-state index in [0.29, 0.717) is 6.08 Å². The number of aliphatic carboxylic acids is 4. The maximum absolute atomic E-state index is 12.1. The molecule has 0 aromatic carbocycles. The van der Waals surface area contributed by atoms with Gasteiger partial charge in [0.25, 0.3) is 0 Å². The lowest BCUT2D eigenvalue weighted by molar-refractivity contribution is -0.373. The highest BCUT2D eigenvalue weighted by molar-refractivity contribution is 5.84. The van der Waals surface area contributed by atoms with E-state index < -0.39 is 140 Å². The van der Waals surface area contributed by atoms with E-state index in [1.54, 1.807) is 0 Å². The van der Waals surface area contributed by atoms with E-state index in [9.17, 15) is 80.5 Å². The maximum Gasteiger partial charge on any atom is 0.371 e. The highest BCUT2D eigenvalue weighted by Gasteiger charge is 2.57. The Kier molecular flexibility index (Phi) is 11.6. The molecule has 0 aromatic heterocycles. The third-order valence-electron chi connectivity index (χ3n) is 7.66. The van der Waals surface area contributed by atoms with Crippen molar-refractivity contribution in [2.75, 3.05) is 0 Å². The average Bonchev–Trinajstić information content (AvgIpc) is 3.01. The first kappa shape index (κ1) is 37.6. The first-order valence-electron chi connectivity index (χ1n) is 13.7. The molecule has 4 aliphatic heterocycles. The van der Waals surface area contributed by atoms with Gasteiger partial charge in [-0.1, -0.05) is 0 Å². The molecule has 3 saturated heterocycles.